The minimum atomic E-state index is -0.160. The Kier molecular flexibility index (Phi) is 9.03. The lowest BCUT2D eigenvalue weighted by atomic mass is 10.2. The van der Waals surface area contributed by atoms with Gasteiger partial charge < -0.3 is 24.1 Å². The molecule has 0 saturated heterocycles. The summed E-state index contributed by atoms with van der Waals surface area (Å²) in [5.41, 5.74) is 3.91. The van der Waals surface area contributed by atoms with Gasteiger partial charge in [-0.2, -0.15) is 0 Å². The number of carbonyl (C=O) groups excluding carboxylic acids is 1. The van der Waals surface area contributed by atoms with E-state index in [0.29, 0.717) is 36.6 Å². The SMILES string of the molecule is CCc1ccc(OCCCCn2c(CCNC(=O)c3ccc(OC)c(OC)c3)nc3ccccc32)cc1. The zero-order valence-electron chi connectivity index (χ0n) is 21.8. The van der Waals surface area contributed by atoms with E-state index < -0.39 is 0 Å². The molecule has 0 spiro atoms. The van der Waals surface area contributed by atoms with Crippen LogP contribution >= 0.6 is 0 Å². The highest BCUT2D eigenvalue weighted by Gasteiger charge is 2.13. The Hall–Kier alpha value is -4.00. The Morgan fingerprint density at radius 1 is 0.946 bits per heavy atom. The molecule has 0 aliphatic heterocycles. The van der Waals surface area contributed by atoms with Crippen LogP contribution in [0, 0.1) is 0 Å². The second kappa shape index (κ2) is 12.8. The van der Waals surface area contributed by atoms with Crippen LogP contribution in [0.4, 0.5) is 0 Å². The Bertz CT molecular complexity index is 1310. The molecule has 4 rings (SSSR count). The van der Waals surface area contributed by atoms with Crippen LogP contribution in [0.5, 0.6) is 17.2 Å². The number of ether oxygens (including phenoxy) is 3. The maximum atomic E-state index is 12.7. The van der Waals surface area contributed by atoms with Crippen LogP contribution in [0.25, 0.3) is 11.0 Å². The number of imidazole rings is 1. The van der Waals surface area contributed by atoms with Crippen LogP contribution in [-0.4, -0.2) is 42.8 Å². The number of methoxy groups -OCH3 is 2. The topological polar surface area (TPSA) is 74.6 Å². The van der Waals surface area contributed by atoms with E-state index in [1.165, 1.54) is 5.56 Å². The van der Waals surface area contributed by atoms with E-state index in [1.54, 1.807) is 32.4 Å². The van der Waals surface area contributed by atoms with Gasteiger partial charge in [-0.3, -0.25) is 4.79 Å². The van der Waals surface area contributed by atoms with Crippen molar-refractivity contribution in [3.05, 3.63) is 83.7 Å². The van der Waals surface area contributed by atoms with Crippen molar-refractivity contribution < 1.29 is 19.0 Å². The van der Waals surface area contributed by atoms with Gasteiger partial charge in [-0.25, -0.2) is 4.98 Å². The molecule has 0 aliphatic rings. The number of nitrogens with one attached hydrogen (secondary N) is 1. The molecule has 0 fully saturated rings. The summed E-state index contributed by atoms with van der Waals surface area (Å²) in [5, 5.41) is 3.00. The fourth-order valence-electron chi connectivity index (χ4n) is 4.32. The fraction of sp³-hybridized carbons (Fsp3) is 0.333. The van der Waals surface area contributed by atoms with Gasteiger partial charge in [0, 0.05) is 25.1 Å². The van der Waals surface area contributed by atoms with E-state index in [9.17, 15) is 4.79 Å². The smallest absolute Gasteiger partial charge is 0.251 e. The van der Waals surface area contributed by atoms with Gasteiger partial charge in [0.25, 0.3) is 5.91 Å². The lowest BCUT2D eigenvalue weighted by Crippen LogP contribution is -2.26. The van der Waals surface area contributed by atoms with E-state index in [-0.39, 0.29) is 5.91 Å². The second-order valence-corrected chi connectivity index (χ2v) is 8.80. The molecular formula is C30H35N3O4. The summed E-state index contributed by atoms with van der Waals surface area (Å²) in [7, 11) is 3.13. The molecule has 0 bridgehead atoms. The first-order chi connectivity index (χ1) is 18.1. The van der Waals surface area contributed by atoms with Gasteiger partial charge in [0.15, 0.2) is 11.5 Å². The first-order valence-corrected chi connectivity index (χ1v) is 12.8. The van der Waals surface area contributed by atoms with Crippen LogP contribution in [0.15, 0.2) is 66.7 Å². The molecule has 4 aromatic rings. The van der Waals surface area contributed by atoms with E-state index in [4.69, 9.17) is 19.2 Å². The number of rotatable bonds is 13. The number of benzene rings is 3. The van der Waals surface area contributed by atoms with Gasteiger partial charge in [-0.1, -0.05) is 31.2 Å². The Balaban J connectivity index is 1.32. The maximum absolute atomic E-state index is 12.7. The summed E-state index contributed by atoms with van der Waals surface area (Å²) in [4.78, 5) is 17.5. The Labute approximate surface area is 218 Å². The zero-order valence-corrected chi connectivity index (χ0v) is 21.8. The van der Waals surface area contributed by atoms with E-state index in [1.807, 2.05) is 30.3 Å². The predicted octanol–water partition coefficient (Wildman–Crippen LogP) is 5.45. The lowest BCUT2D eigenvalue weighted by Gasteiger charge is -2.12. The number of aromatic nitrogens is 2. The van der Waals surface area contributed by atoms with Crippen molar-refractivity contribution in [2.75, 3.05) is 27.4 Å². The fourth-order valence-corrected chi connectivity index (χ4v) is 4.32. The third-order valence-electron chi connectivity index (χ3n) is 6.39. The molecule has 0 unspecified atom stereocenters. The largest absolute Gasteiger partial charge is 0.494 e. The van der Waals surface area contributed by atoms with Crippen molar-refractivity contribution in [1.82, 2.24) is 14.9 Å². The summed E-state index contributed by atoms with van der Waals surface area (Å²) >= 11 is 0. The van der Waals surface area contributed by atoms with Crippen LogP contribution in [0.2, 0.25) is 0 Å². The number of unbranched alkanes of at least 4 members (excludes halogenated alkanes) is 1. The molecule has 1 N–H and O–H groups in total. The second-order valence-electron chi connectivity index (χ2n) is 8.80. The lowest BCUT2D eigenvalue weighted by molar-refractivity contribution is 0.0953. The van der Waals surface area contributed by atoms with Crippen molar-refractivity contribution in [3.8, 4) is 17.2 Å². The van der Waals surface area contributed by atoms with Crippen molar-refractivity contribution in [2.45, 2.75) is 39.2 Å². The van der Waals surface area contributed by atoms with E-state index >= 15 is 0 Å². The molecule has 7 heteroatoms. The van der Waals surface area contributed by atoms with Gasteiger partial charge >= 0.3 is 0 Å². The summed E-state index contributed by atoms with van der Waals surface area (Å²) in [5.74, 6) is 2.83. The highest BCUT2D eigenvalue weighted by atomic mass is 16.5. The number of hydrogen-bond acceptors (Lipinski definition) is 5. The van der Waals surface area contributed by atoms with Gasteiger partial charge in [0.2, 0.25) is 0 Å². The maximum Gasteiger partial charge on any atom is 0.251 e. The number of aryl methyl sites for hydroxylation is 2. The monoisotopic (exact) mass is 501 g/mol. The summed E-state index contributed by atoms with van der Waals surface area (Å²) < 4.78 is 18.7. The molecule has 37 heavy (non-hydrogen) atoms. The minimum Gasteiger partial charge on any atom is -0.494 e. The highest BCUT2D eigenvalue weighted by Crippen LogP contribution is 2.27. The molecule has 3 aromatic carbocycles. The molecule has 1 aromatic heterocycles. The molecule has 7 nitrogen and oxygen atoms in total. The minimum absolute atomic E-state index is 0.160. The predicted molar refractivity (Wildman–Crippen MR) is 146 cm³/mol. The van der Waals surface area contributed by atoms with E-state index in [0.717, 1.165) is 48.4 Å². The van der Waals surface area contributed by atoms with Crippen LogP contribution < -0.4 is 19.5 Å². The summed E-state index contributed by atoms with van der Waals surface area (Å²) in [6.07, 6.45) is 3.57. The summed E-state index contributed by atoms with van der Waals surface area (Å²) in [6.45, 7) is 4.15. The Morgan fingerprint density at radius 2 is 1.73 bits per heavy atom. The number of hydrogen-bond donors (Lipinski definition) is 1. The quantitative estimate of drug-likeness (QED) is 0.247. The number of amides is 1. The van der Waals surface area contributed by atoms with Crippen molar-refractivity contribution in [2.24, 2.45) is 0 Å². The van der Waals surface area contributed by atoms with Crippen molar-refractivity contribution >= 4 is 16.9 Å². The molecule has 0 atom stereocenters. The third kappa shape index (κ3) is 6.61. The molecule has 1 amide bonds. The average molecular weight is 502 g/mol. The number of nitrogens with zero attached hydrogens (tertiary/aromatic N) is 2. The first kappa shape index (κ1) is 26.1. The summed E-state index contributed by atoms with van der Waals surface area (Å²) in [6, 6.07) is 21.6. The first-order valence-electron chi connectivity index (χ1n) is 12.8. The van der Waals surface area contributed by atoms with Gasteiger partial charge in [0.05, 0.1) is 31.9 Å². The molecule has 0 saturated carbocycles. The Morgan fingerprint density at radius 3 is 2.49 bits per heavy atom. The van der Waals surface area contributed by atoms with Crippen LogP contribution in [0.1, 0.15) is 41.5 Å². The van der Waals surface area contributed by atoms with Gasteiger partial charge in [-0.05, 0) is 67.3 Å². The van der Waals surface area contributed by atoms with Gasteiger partial charge in [0.1, 0.15) is 11.6 Å². The van der Waals surface area contributed by atoms with Gasteiger partial charge in [-0.15, -0.1) is 0 Å². The van der Waals surface area contributed by atoms with Crippen molar-refractivity contribution in [1.29, 1.82) is 0 Å². The van der Waals surface area contributed by atoms with Crippen LogP contribution in [0.3, 0.4) is 0 Å². The average Bonchev–Trinajstić information content (AvgIpc) is 3.29. The number of para-hydroxylation sites is 2. The van der Waals surface area contributed by atoms with Crippen LogP contribution in [-0.2, 0) is 19.4 Å². The standard InChI is InChI=1S/C30H35N3O4/c1-4-22-11-14-24(15-12-22)37-20-8-7-19-33-26-10-6-5-9-25(26)32-29(33)17-18-31-30(34)23-13-16-27(35-2)28(21-23)36-3/h5-6,9-16,21H,4,7-8,17-20H2,1-3H3,(H,31,34). The molecular weight excluding hydrogens is 466 g/mol. The normalized spacial score (nSPS) is 10.9. The molecule has 0 aliphatic carbocycles. The zero-order chi connectivity index (χ0) is 26.0. The number of fused-ring (bicyclic) bond motifs is 1. The van der Waals surface area contributed by atoms with Crippen molar-refractivity contribution in [3.63, 3.8) is 0 Å². The van der Waals surface area contributed by atoms with E-state index in [2.05, 4.69) is 35.0 Å². The molecule has 1 heterocycles. The number of carbonyl (C=O) groups is 1. The molecule has 0 radical (unpaired) electrons. The highest BCUT2D eigenvalue weighted by molar-refractivity contribution is 5.94. The third-order valence-corrected chi connectivity index (χ3v) is 6.39. The molecule has 194 valence electrons.